The highest BCUT2D eigenvalue weighted by Crippen LogP contribution is 2.48. The number of nitrogens with zero attached hydrogens (tertiary/aromatic N) is 1. The number of carbonyl (C=O) groups is 1. The molecular weight excluding hydrogens is 397 g/mol. The third-order valence-corrected chi connectivity index (χ3v) is 7.43. The quantitative estimate of drug-likeness (QED) is 0.495. The van der Waals surface area contributed by atoms with Crippen LogP contribution in [0.25, 0.3) is 6.08 Å². The van der Waals surface area contributed by atoms with Crippen LogP contribution in [0.5, 0.6) is 0 Å². The third kappa shape index (κ3) is 3.51. The van der Waals surface area contributed by atoms with Gasteiger partial charge in [-0.05, 0) is 72.7 Å². The van der Waals surface area contributed by atoms with Gasteiger partial charge < -0.3 is 0 Å². The number of benzene rings is 3. The number of fused-ring (bicyclic) bond motifs is 1. The first-order valence-electron chi connectivity index (χ1n) is 11.4. The summed E-state index contributed by atoms with van der Waals surface area (Å²) in [6.07, 6.45) is 4.47. The molecule has 0 aromatic heterocycles. The molecule has 2 nitrogen and oxygen atoms in total. The first-order chi connectivity index (χ1) is 15.6. The largest absolute Gasteiger partial charge is 0.299 e. The van der Waals surface area contributed by atoms with E-state index in [1.807, 2.05) is 36.4 Å². The Morgan fingerprint density at radius 3 is 2.44 bits per heavy atom. The van der Waals surface area contributed by atoms with E-state index >= 15 is 0 Å². The Labute approximate surface area is 189 Å². The molecule has 1 saturated heterocycles. The molecule has 1 unspecified atom stereocenters. The van der Waals surface area contributed by atoms with E-state index in [0.717, 1.165) is 54.6 Å². The smallest absolute Gasteiger partial charge is 0.174 e. The average molecular weight is 426 g/mol. The molecule has 32 heavy (non-hydrogen) atoms. The van der Waals surface area contributed by atoms with Crippen molar-refractivity contribution in [2.45, 2.75) is 31.2 Å². The van der Waals surface area contributed by atoms with E-state index in [0.29, 0.717) is 6.54 Å². The van der Waals surface area contributed by atoms with Crippen molar-refractivity contribution in [1.29, 1.82) is 0 Å². The summed E-state index contributed by atoms with van der Waals surface area (Å²) in [4.78, 5) is 16.2. The van der Waals surface area contributed by atoms with E-state index in [4.69, 9.17) is 0 Å². The zero-order chi connectivity index (χ0) is 22.1. The minimum atomic E-state index is -0.484. The predicted octanol–water partition coefficient (Wildman–Crippen LogP) is 6.06. The highest BCUT2D eigenvalue weighted by atomic mass is 19.1. The summed E-state index contributed by atoms with van der Waals surface area (Å²) in [6, 6.07) is 23.3. The first kappa shape index (κ1) is 20.8. The lowest BCUT2D eigenvalue weighted by Gasteiger charge is -2.42. The van der Waals surface area contributed by atoms with Crippen molar-refractivity contribution < 1.29 is 9.18 Å². The number of piperidine rings is 1. The van der Waals surface area contributed by atoms with Crippen LogP contribution in [0, 0.1) is 11.7 Å². The topological polar surface area (TPSA) is 20.3 Å². The molecule has 162 valence electrons. The van der Waals surface area contributed by atoms with Gasteiger partial charge in [0.15, 0.2) is 5.78 Å². The van der Waals surface area contributed by atoms with Crippen LogP contribution in [-0.4, -0.2) is 23.8 Å². The Morgan fingerprint density at radius 1 is 1.00 bits per heavy atom. The molecule has 5 rings (SSSR count). The summed E-state index contributed by atoms with van der Waals surface area (Å²) in [5.41, 5.74) is 4.66. The predicted molar refractivity (Wildman–Crippen MR) is 127 cm³/mol. The fourth-order valence-electron chi connectivity index (χ4n) is 5.79. The molecule has 3 aromatic carbocycles. The van der Waals surface area contributed by atoms with Crippen molar-refractivity contribution in [1.82, 2.24) is 4.90 Å². The standard InChI is InChI=1S/C29H28FNO/c1-2-21-12-13-26(30)18-23(21)20-31-16-14-25(15-17-31)29(24-9-4-3-5-10-24)19-22-8-6-7-11-27(22)28(29)32/h2-13,18,25H,1,14-17,19-20H2. The first-order valence-corrected chi connectivity index (χ1v) is 11.4. The van der Waals surface area contributed by atoms with Gasteiger partial charge in [-0.25, -0.2) is 4.39 Å². The van der Waals surface area contributed by atoms with E-state index in [1.54, 1.807) is 18.2 Å². The van der Waals surface area contributed by atoms with Gasteiger partial charge in [0.2, 0.25) is 0 Å². The molecule has 0 spiro atoms. The van der Waals surface area contributed by atoms with Gasteiger partial charge in [0.05, 0.1) is 5.41 Å². The molecule has 1 fully saturated rings. The SMILES string of the molecule is C=Cc1ccc(F)cc1CN1CCC(C2(c3ccccc3)Cc3ccccc3C2=O)CC1. The second-order valence-electron chi connectivity index (χ2n) is 9.10. The maximum atomic E-state index is 13.8. The molecule has 1 atom stereocenters. The van der Waals surface area contributed by atoms with E-state index in [9.17, 15) is 9.18 Å². The van der Waals surface area contributed by atoms with Gasteiger partial charge in [0.1, 0.15) is 5.82 Å². The lowest BCUT2D eigenvalue weighted by molar-refractivity contribution is 0.0735. The number of carbonyl (C=O) groups excluding carboxylic acids is 1. The molecule has 0 saturated carbocycles. The Morgan fingerprint density at radius 2 is 1.72 bits per heavy atom. The number of halogens is 1. The highest BCUT2D eigenvalue weighted by molar-refractivity contribution is 6.08. The molecule has 2 aliphatic rings. The number of hydrogen-bond donors (Lipinski definition) is 0. The summed E-state index contributed by atoms with van der Waals surface area (Å²) < 4.78 is 13.8. The molecule has 3 aromatic rings. The molecule has 0 radical (unpaired) electrons. The van der Waals surface area contributed by atoms with Gasteiger partial charge in [-0.2, -0.15) is 0 Å². The van der Waals surface area contributed by atoms with Crippen LogP contribution in [0.3, 0.4) is 0 Å². The number of Topliss-reactive ketones (excluding diaryl/α,β-unsaturated/α-hetero) is 1. The van der Waals surface area contributed by atoms with Crippen LogP contribution in [-0.2, 0) is 18.4 Å². The van der Waals surface area contributed by atoms with E-state index < -0.39 is 5.41 Å². The molecule has 0 bridgehead atoms. The summed E-state index contributed by atoms with van der Waals surface area (Å²) >= 11 is 0. The number of likely N-dealkylation sites (tertiary alicyclic amines) is 1. The molecule has 1 aliphatic heterocycles. The fraction of sp³-hybridized carbons (Fsp3) is 0.276. The molecule has 1 aliphatic carbocycles. The fourth-order valence-corrected chi connectivity index (χ4v) is 5.79. The number of rotatable bonds is 5. The molecular formula is C29H28FNO. The lowest BCUT2D eigenvalue weighted by atomic mass is 9.64. The Hall–Kier alpha value is -3.04. The summed E-state index contributed by atoms with van der Waals surface area (Å²) in [6.45, 7) is 6.38. The van der Waals surface area contributed by atoms with Crippen molar-refractivity contribution >= 4 is 11.9 Å². The van der Waals surface area contributed by atoms with E-state index in [-0.39, 0.29) is 17.5 Å². The Balaban J connectivity index is 1.40. The minimum Gasteiger partial charge on any atom is -0.299 e. The third-order valence-electron chi connectivity index (χ3n) is 7.43. The second kappa shape index (κ2) is 8.48. The summed E-state index contributed by atoms with van der Waals surface area (Å²) in [7, 11) is 0. The maximum absolute atomic E-state index is 13.8. The molecule has 3 heteroatoms. The van der Waals surface area contributed by atoms with Gasteiger partial charge in [0.25, 0.3) is 0 Å². The van der Waals surface area contributed by atoms with Gasteiger partial charge >= 0.3 is 0 Å². The van der Waals surface area contributed by atoms with Crippen LogP contribution < -0.4 is 0 Å². The molecule has 0 amide bonds. The average Bonchev–Trinajstić information content (AvgIpc) is 3.14. The lowest BCUT2D eigenvalue weighted by Crippen LogP contribution is -2.47. The van der Waals surface area contributed by atoms with Crippen molar-refractivity contribution in [3.63, 3.8) is 0 Å². The normalized spacial score (nSPS) is 21.5. The maximum Gasteiger partial charge on any atom is 0.174 e. The molecule has 1 heterocycles. The minimum absolute atomic E-state index is 0.210. The Kier molecular flexibility index (Phi) is 5.52. The van der Waals surface area contributed by atoms with Gasteiger partial charge in [-0.15, -0.1) is 0 Å². The van der Waals surface area contributed by atoms with Crippen molar-refractivity contribution in [3.05, 3.63) is 113 Å². The second-order valence-corrected chi connectivity index (χ2v) is 9.10. The van der Waals surface area contributed by atoms with E-state index in [1.165, 1.54) is 11.6 Å². The highest BCUT2D eigenvalue weighted by Gasteiger charge is 2.52. The molecule has 0 N–H and O–H groups in total. The van der Waals surface area contributed by atoms with Crippen LogP contribution in [0.1, 0.15) is 45.5 Å². The van der Waals surface area contributed by atoms with Crippen molar-refractivity contribution in [2.75, 3.05) is 13.1 Å². The van der Waals surface area contributed by atoms with Crippen molar-refractivity contribution in [2.24, 2.45) is 5.92 Å². The number of ketones is 1. The zero-order valence-corrected chi connectivity index (χ0v) is 18.3. The van der Waals surface area contributed by atoms with Crippen LogP contribution in [0.15, 0.2) is 79.4 Å². The van der Waals surface area contributed by atoms with Crippen LogP contribution in [0.2, 0.25) is 0 Å². The monoisotopic (exact) mass is 425 g/mol. The zero-order valence-electron chi connectivity index (χ0n) is 18.3. The summed E-state index contributed by atoms with van der Waals surface area (Å²) in [5, 5.41) is 0. The van der Waals surface area contributed by atoms with Crippen LogP contribution in [0.4, 0.5) is 4.39 Å². The Bertz CT molecular complexity index is 1150. The van der Waals surface area contributed by atoms with Gasteiger partial charge in [-0.1, -0.05) is 73.3 Å². The van der Waals surface area contributed by atoms with Crippen molar-refractivity contribution in [3.8, 4) is 0 Å². The van der Waals surface area contributed by atoms with E-state index in [2.05, 4.69) is 29.7 Å². The van der Waals surface area contributed by atoms with Crippen LogP contribution >= 0.6 is 0 Å². The van der Waals surface area contributed by atoms with Gasteiger partial charge in [0, 0.05) is 12.1 Å². The van der Waals surface area contributed by atoms with Gasteiger partial charge in [-0.3, -0.25) is 9.69 Å². The number of hydrogen-bond acceptors (Lipinski definition) is 2. The summed E-state index contributed by atoms with van der Waals surface area (Å²) in [5.74, 6) is 0.349.